The molecular weight excluding hydrogens is 226 g/mol. The van der Waals surface area contributed by atoms with Crippen LogP contribution in [-0.4, -0.2) is 21.1 Å². The van der Waals surface area contributed by atoms with E-state index in [1.54, 1.807) is 0 Å². The van der Waals surface area contributed by atoms with E-state index in [-0.39, 0.29) is 0 Å². The van der Waals surface area contributed by atoms with Crippen molar-refractivity contribution in [2.24, 2.45) is 7.05 Å². The first kappa shape index (κ1) is 12.5. The van der Waals surface area contributed by atoms with E-state index in [0.717, 1.165) is 37.2 Å². The number of carbonyl (C=O) groups excluding carboxylic acids is 1. The smallest absolute Gasteiger partial charge is 0.137 e. The van der Waals surface area contributed by atoms with Gasteiger partial charge in [0.05, 0.1) is 0 Å². The predicted molar refractivity (Wildman–Crippen MR) is 69.3 cm³/mol. The van der Waals surface area contributed by atoms with Crippen molar-refractivity contribution in [1.82, 2.24) is 14.8 Å². The van der Waals surface area contributed by atoms with E-state index in [1.807, 2.05) is 29.8 Å². The Morgan fingerprint density at radius 2 is 1.89 bits per heavy atom. The number of benzene rings is 1. The van der Waals surface area contributed by atoms with Gasteiger partial charge in [-0.05, 0) is 12.0 Å². The molecule has 0 atom stereocenters. The highest BCUT2D eigenvalue weighted by Crippen LogP contribution is 2.09. The molecule has 0 radical (unpaired) electrons. The highest BCUT2D eigenvalue weighted by Gasteiger charge is 2.08. The van der Waals surface area contributed by atoms with E-state index in [9.17, 15) is 4.79 Å². The standard InChI is InChI=1S/C14H17N3O/c1-17-13(9-5-6-10-18)15-16-14(17)11-12-7-3-2-4-8-12/h2-4,7-8,10H,5-6,9,11H2,1H3. The Balaban J connectivity index is 2.04. The molecule has 2 rings (SSSR count). The summed E-state index contributed by atoms with van der Waals surface area (Å²) in [6.45, 7) is 0. The van der Waals surface area contributed by atoms with Gasteiger partial charge in [0, 0.05) is 26.3 Å². The highest BCUT2D eigenvalue weighted by atomic mass is 16.1. The molecule has 0 bridgehead atoms. The summed E-state index contributed by atoms with van der Waals surface area (Å²) >= 11 is 0. The van der Waals surface area contributed by atoms with Gasteiger partial charge in [-0.25, -0.2) is 0 Å². The van der Waals surface area contributed by atoms with E-state index >= 15 is 0 Å². The number of nitrogens with zero attached hydrogens (tertiary/aromatic N) is 3. The fourth-order valence-corrected chi connectivity index (χ4v) is 1.89. The first-order chi connectivity index (χ1) is 8.81. The van der Waals surface area contributed by atoms with Gasteiger partial charge in [0.1, 0.15) is 17.9 Å². The van der Waals surface area contributed by atoms with Crippen LogP contribution in [0.1, 0.15) is 30.1 Å². The van der Waals surface area contributed by atoms with Gasteiger partial charge in [0.25, 0.3) is 0 Å². The van der Waals surface area contributed by atoms with E-state index in [1.165, 1.54) is 5.56 Å². The third-order valence-corrected chi connectivity index (χ3v) is 2.98. The van der Waals surface area contributed by atoms with Crippen LogP contribution in [0.4, 0.5) is 0 Å². The summed E-state index contributed by atoms with van der Waals surface area (Å²) in [7, 11) is 1.98. The largest absolute Gasteiger partial charge is 0.318 e. The first-order valence-corrected chi connectivity index (χ1v) is 6.16. The third-order valence-electron chi connectivity index (χ3n) is 2.98. The molecule has 1 heterocycles. The van der Waals surface area contributed by atoms with Crippen LogP contribution in [0.2, 0.25) is 0 Å². The lowest BCUT2D eigenvalue weighted by atomic mass is 10.1. The SMILES string of the molecule is Cn1c(CCCC=O)nnc1Cc1ccccc1. The molecule has 0 N–H and O–H groups in total. The highest BCUT2D eigenvalue weighted by molar-refractivity contribution is 5.49. The number of aryl methyl sites for hydroxylation is 1. The minimum atomic E-state index is 0.584. The summed E-state index contributed by atoms with van der Waals surface area (Å²) in [6, 6.07) is 10.2. The lowest BCUT2D eigenvalue weighted by Gasteiger charge is -2.03. The Bertz CT molecular complexity index is 505. The van der Waals surface area contributed by atoms with E-state index < -0.39 is 0 Å². The quantitative estimate of drug-likeness (QED) is 0.575. The van der Waals surface area contributed by atoms with Gasteiger partial charge in [0.2, 0.25) is 0 Å². The Morgan fingerprint density at radius 3 is 2.61 bits per heavy atom. The normalized spacial score (nSPS) is 10.5. The number of hydrogen-bond acceptors (Lipinski definition) is 3. The van der Waals surface area contributed by atoms with Crippen LogP contribution in [0.25, 0.3) is 0 Å². The van der Waals surface area contributed by atoms with Gasteiger partial charge in [-0.3, -0.25) is 0 Å². The molecule has 1 aromatic heterocycles. The number of aromatic nitrogens is 3. The average Bonchev–Trinajstić information content (AvgIpc) is 2.73. The fraction of sp³-hybridized carbons (Fsp3) is 0.357. The van der Waals surface area contributed by atoms with Gasteiger partial charge in [0.15, 0.2) is 0 Å². The molecule has 0 saturated carbocycles. The molecule has 4 nitrogen and oxygen atoms in total. The first-order valence-electron chi connectivity index (χ1n) is 6.16. The summed E-state index contributed by atoms with van der Waals surface area (Å²) in [5.41, 5.74) is 1.23. The maximum Gasteiger partial charge on any atom is 0.137 e. The second kappa shape index (κ2) is 6.10. The summed E-state index contributed by atoms with van der Waals surface area (Å²) in [5.74, 6) is 1.91. The lowest BCUT2D eigenvalue weighted by Crippen LogP contribution is -2.03. The number of hydrogen-bond donors (Lipinski definition) is 0. The minimum absolute atomic E-state index is 0.584. The molecule has 94 valence electrons. The zero-order valence-electron chi connectivity index (χ0n) is 10.5. The molecule has 0 aliphatic heterocycles. The van der Waals surface area contributed by atoms with Crippen molar-refractivity contribution in [3.8, 4) is 0 Å². The Kier molecular flexibility index (Phi) is 4.23. The molecule has 4 heteroatoms. The van der Waals surface area contributed by atoms with Crippen molar-refractivity contribution in [3.63, 3.8) is 0 Å². The topological polar surface area (TPSA) is 47.8 Å². The monoisotopic (exact) mass is 243 g/mol. The van der Waals surface area contributed by atoms with Crippen LogP contribution in [-0.2, 0) is 24.7 Å². The van der Waals surface area contributed by atoms with Crippen molar-refractivity contribution in [1.29, 1.82) is 0 Å². The number of unbranched alkanes of at least 4 members (excludes halogenated alkanes) is 1. The summed E-state index contributed by atoms with van der Waals surface area (Å²) < 4.78 is 2.03. The van der Waals surface area contributed by atoms with E-state index in [2.05, 4.69) is 22.3 Å². The molecule has 1 aromatic carbocycles. The molecule has 0 unspecified atom stereocenters. The van der Waals surface area contributed by atoms with Crippen LogP contribution >= 0.6 is 0 Å². The molecule has 18 heavy (non-hydrogen) atoms. The number of aldehydes is 1. The molecule has 0 aliphatic rings. The summed E-state index contributed by atoms with van der Waals surface area (Å²) in [5, 5.41) is 8.40. The van der Waals surface area contributed by atoms with Crippen LogP contribution in [0.3, 0.4) is 0 Å². The van der Waals surface area contributed by atoms with Gasteiger partial charge >= 0.3 is 0 Å². The van der Waals surface area contributed by atoms with Gasteiger partial charge in [-0.2, -0.15) is 0 Å². The zero-order chi connectivity index (χ0) is 12.8. The van der Waals surface area contributed by atoms with Crippen LogP contribution in [0, 0.1) is 0 Å². The van der Waals surface area contributed by atoms with Crippen molar-refractivity contribution in [2.75, 3.05) is 0 Å². The van der Waals surface area contributed by atoms with Gasteiger partial charge in [-0.15, -0.1) is 10.2 Å². The molecule has 0 amide bonds. The second-order valence-electron chi connectivity index (χ2n) is 4.31. The van der Waals surface area contributed by atoms with E-state index in [0.29, 0.717) is 6.42 Å². The van der Waals surface area contributed by atoms with Crippen molar-refractivity contribution in [3.05, 3.63) is 47.5 Å². The molecular formula is C14H17N3O. The predicted octanol–water partition coefficient (Wildman–Crippen LogP) is 1.93. The maximum atomic E-state index is 10.3. The van der Waals surface area contributed by atoms with Crippen LogP contribution < -0.4 is 0 Å². The number of carbonyl (C=O) groups is 1. The Hall–Kier alpha value is -1.97. The van der Waals surface area contributed by atoms with Crippen molar-refractivity contribution < 1.29 is 4.79 Å². The fourth-order valence-electron chi connectivity index (χ4n) is 1.89. The molecule has 0 spiro atoms. The average molecular weight is 243 g/mol. The Morgan fingerprint density at radius 1 is 1.17 bits per heavy atom. The van der Waals surface area contributed by atoms with Gasteiger partial charge < -0.3 is 9.36 Å². The Labute approximate surface area is 107 Å². The van der Waals surface area contributed by atoms with Crippen molar-refractivity contribution >= 4 is 6.29 Å². The number of rotatable bonds is 6. The summed E-state index contributed by atoms with van der Waals surface area (Å²) in [6.07, 6.45) is 3.96. The summed E-state index contributed by atoms with van der Waals surface area (Å²) in [4.78, 5) is 10.3. The maximum absolute atomic E-state index is 10.3. The van der Waals surface area contributed by atoms with E-state index in [4.69, 9.17) is 0 Å². The van der Waals surface area contributed by atoms with Crippen LogP contribution in [0.15, 0.2) is 30.3 Å². The van der Waals surface area contributed by atoms with Crippen molar-refractivity contribution in [2.45, 2.75) is 25.7 Å². The third kappa shape index (κ3) is 3.03. The zero-order valence-corrected chi connectivity index (χ0v) is 10.5. The second-order valence-corrected chi connectivity index (χ2v) is 4.31. The van der Waals surface area contributed by atoms with Crippen LogP contribution in [0.5, 0.6) is 0 Å². The van der Waals surface area contributed by atoms with Gasteiger partial charge in [-0.1, -0.05) is 30.3 Å². The minimum Gasteiger partial charge on any atom is -0.318 e. The molecule has 2 aromatic rings. The molecule has 0 fully saturated rings. The molecule has 0 saturated heterocycles. The lowest BCUT2D eigenvalue weighted by molar-refractivity contribution is -0.107. The molecule has 0 aliphatic carbocycles.